The van der Waals surface area contributed by atoms with Crippen LogP contribution >= 0.6 is 39.1 Å². The monoisotopic (exact) mass is 378 g/mol. The van der Waals surface area contributed by atoms with Gasteiger partial charge in [0.05, 0.1) is 5.38 Å². The molecule has 1 atom stereocenters. The van der Waals surface area contributed by atoms with Gasteiger partial charge < -0.3 is 0 Å². The summed E-state index contributed by atoms with van der Waals surface area (Å²) in [5, 5.41) is 2.66. The first-order valence-electron chi connectivity index (χ1n) is 6.65. The number of rotatable bonds is 2. The Morgan fingerprint density at radius 3 is 2.29 bits per heavy atom. The fourth-order valence-electron chi connectivity index (χ4n) is 2.51. The fourth-order valence-corrected chi connectivity index (χ4v) is 3.97. The lowest BCUT2D eigenvalue weighted by Gasteiger charge is -2.16. The van der Waals surface area contributed by atoms with Gasteiger partial charge in [-0.05, 0) is 41.1 Å². The van der Waals surface area contributed by atoms with Gasteiger partial charge >= 0.3 is 0 Å². The molecule has 0 N–H and O–H groups in total. The second-order valence-electron chi connectivity index (χ2n) is 5.07. The van der Waals surface area contributed by atoms with Crippen molar-refractivity contribution in [3.63, 3.8) is 0 Å². The van der Waals surface area contributed by atoms with Gasteiger partial charge in [-0.3, -0.25) is 0 Å². The van der Waals surface area contributed by atoms with E-state index >= 15 is 0 Å². The molecule has 3 aromatic rings. The van der Waals surface area contributed by atoms with Crippen LogP contribution in [0.3, 0.4) is 0 Å². The van der Waals surface area contributed by atoms with Crippen molar-refractivity contribution < 1.29 is 0 Å². The molecule has 0 saturated heterocycles. The maximum absolute atomic E-state index is 6.75. The largest absolute Gasteiger partial charge is 0.113 e. The van der Waals surface area contributed by atoms with Crippen LogP contribution in [0.15, 0.2) is 59.1 Å². The summed E-state index contributed by atoms with van der Waals surface area (Å²) < 4.78 is 1.03. The van der Waals surface area contributed by atoms with Gasteiger partial charge in [-0.25, -0.2) is 0 Å². The number of halogens is 3. The molecule has 0 amide bonds. The summed E-state index contributed by atoms with van der Waals surface area (Å²) in [7, 11) is 0. The highest BCUT2D eigenvalue weighted by Gasteiger charge is 2.17. The molecule has 0 radical (unpaired) electrons. The first-order valence-corrected chi connectivity index (χ1v) is 8.26. The van der Waals surface area contributed by atoms with Gasteiger partial charge in [0, 0.05) is 14.9 Å². The lowest BCUT2D eigenvalue weighted by Crippen LogP contribution is -1.96. The van der Waals surface area contributed by atoms with Crippen LogP contribution in [0, 0.1) is 6.92 Å². The van der Waals surface area contributed by atoms with E-state index in [2.05, 4.69) is 47.1 Å². The van der Waals surface area contributed by atoms with E-state index in [9.17, 15) is 0 Å². The van der Waals surface area contributed by atoms with E-state index in [0.29, 0.717) is 0 Å². The van der Waals surface area contributed by atoms with Crippen LogP contribution in [0.2, 0.25) is 5.02 Å². The van der Waals surface area contributed by atoms with E-state index in [4.69, 9.17) is 23.2 Å². The highest BCUT2D eigenvalue weighted by atomic mass is 79.9. The van der Waals surface area contributed by atoms with E-state index < -0.39 is 0 Å². The van der Waals surface area contributed by atoms with Crippen LogP contribution in [0.4, 0.5) is 0 Å². The fraction of sp³-hybridized carbons (Fsp3) is 0.111. The maximum Gasteiger partial charge on any atom is 0.0852 e. The van der Waals surface area contributed by atoms with Crippen molar-refractivity contribution in [1.29, 1.82) is 0 Å². The third kappa shape index (κ3) is 2.83. The molecular weight excluding hydrogens is 367 g/mol. The number of benzene rings is 3. The van der Waals surface area contributed by atoms with Gasteiger partial charge in [0.2, 0.25) is 0 Å². The molecule has 0 fully saturated rings. The van der Waals surface area contributed by atoms with Crippen LogP contribution in [0.1, 0.15) is 22.1 Å². The highest BCUT2D eigenvalue weighted by Crippen LogP contribution is 2.39. The zero-order valence-corrected chi connectivity index (χ0v) is 14.5. The Balaban J connectivity index is 2.18. The van der Waals surface area contributed by atoms with Crippen molar-refractivity contribution in [3.8, 4) is 0 Å². The molecule has 0 heterocycles. The second kappa shape index (κ2) is 6.00. The van der Waals surface area contributed by atoms with Crippen LogP contribution in [0.5, 0.6) is 0 Å². The summed E-state index contributed by atoms with van der Waals surface area (Å²) in [4.78, 5) is 0. The van der Waals surface area contributed by atoms with Gasteiger partial charge in [-0.1, -0.05) is 70.0 Å². The Hall–Kier alpha value is -1.02. The average molecular weight is 380 g/mol. The van der Waals surface area contributed by atoms with Crippen molar-refractivity contribution in [2.45, 2.75) is 12.3 Å². The predicted octanol–water partition coefficient (Wildman–Crippen LogP) is 6.89. The first kappa shape index (κ1) is 14.9. The molecule has 3 heteroatoms. The average Bonchev–Trinajstić information content (AvgIpc) is 2.47. The molecule has 21 heavy (non-hydrogen) atoms. The Kier molecular flexibility index (Phi) is 4.26. The SMILES string of the molecule is Cc1ccc(C(Cl)c2ccc(Cl)c3ccccc23)c(Br)c1. The minimum atomic E-state index is -0.220. The molecule has 0 aromatic heterocycles. The summed E-state index contributed by atoms with van der Waals surface area (Å²) in [5.74, 6) is 0. The standard InChI is InChI=1S/C18H13BrCl2/c1-11-6-7-15(16(19)10-11)18(21)14-8-9-17(20)13-5-3-2-4-12(13)14/h2-10,18H,1H3. The Morgan fingerprint density at radius 1 is 0.905 bits per heavy atom. The molecule has 1 unspecified atom stereocenters. The molecule has 3 aromatic carbocycles. The molecule has 106 valence electrons. The molecule has 0 nitrogen and oxygen atoms in total. The Morgan fingerprint density at radius 2 is 1.57 bits per heavy atom. The van der Waals surface area contributed by atoms with Crippen molar-refractivity contribution in [2.24, 2.45) is 0 Å². The Labute approximate surface area is 142 Å². The molecule has 0 aliphatic carbocycles. The molecule has 3 rings (SSSR count). The Bertz CT molecular complexity index is 811. The number of hydrogen-bond donors (Lipinski definition) is 0. The smallest absolute Gasteiger partial charge is 0.0852 e. The van der Waals surface area contributed by atoms with E-state index in [1.165, 1.54) is 5.56 Å². The van der Waals surface area contributed by atoms with E-state index in [1.807, 2.05) is 30.3 Å². The minimum absolute atomic E-state index is 0.220. The molecular formula is C18H13BrCl2. The van der Waals surface area contributed by atoms with Crippen LogP contribution in [0.25, 0.3) is 10.8 Å². The van der Waals surface area contributed by atoms with Crippen LogP contribution < -0.4 is 0 Å². The van der Waals surface area contributed by atoms with Crippen LogP contribution in [-0.2, 0) is 0 Å². The third-order valence-electron chi connectivity index (χ3n) is 3.61. The maximum atomic E-state index is 6.75. The number of hydrogen-bond acceptors (Lipinski definition) is 0. The summed E-state index contributed by atoms with van der Waals surface area (Å²) in [6.45, 7) is 2.06. The number of alkyl halides is 1. The van der Waals surface area contributed by atoms with Crippen molar-refractivity contribution >= 4 is 49.9 Å². The van der Waals surface area contributed by atoms with Gasteiger partial charge in [0.15, 0.2) is 0 Å². The zero-order chi connectivity index (χ0) is 15.0. The van der Waals surface area contributed by atoms with Gasteiger partial charge in [-0.15, -0.1) is 11.6 Å². The summed E-state index contributed by atoms with van der Waals surface area (Å²) in [5.41, 5.74) is 3.34. The normalized spacial score (nSPS) is 12.6. The van der Waals surface area contributed by atoms with Crippen molar-refractivity contribution in [1.82, 2.24) is 0 Å². The molecule has 0 bridgehead atoms. The number of fused-ring (bicyclic) bond motifs is 1. The van der Waals surface area contributed by atoms with Gasteiger partial charge in [-0.2, -0.15) is 0 Å². The summed E-state index contributed by atoms with van der Waals surface area (Å²) in [6.07, 6.45) is 0. The van der Waals surface area contributed by atoms with Crippen molar-refractivity contribution in [3.05, 3.63) is 80.8 Å². The van der Waals surface area contributed by atoms with E-state index in [1.54, 1.807) is 0 Å². The lowest BCUT2D eigenvalue weighted by atomic mass is 9.97. The molecule has 0 aliphatic heterocycles. The van der Waals surface area contributed by atoms with Crippen molar-refractivity contribution in [2.75, 3.05) is 0 Å². The minimum Gasteiger partial charge on any atom is -0.113 e. The molecule has 0 saturated carbocycles. The highest BCUT2D eigenvalue weighted by molar-refractivity contribution is 9.10. The lowest BCUT2D eigenvalue weighted by molar-refractivity contribution is 1.14. The zero-order valence-electron chi connectivity index (χ0n) is 11.4. The third-order valence-corrected chi connectivity index (χ3v) is 5.09. The molecule has 0 spiro atoms. The number of aryl methyl sites for hydroxylation is 1. The first-order chi connectivity index (χ1) is 10.1. The predicted molar refractivity (Wildman–Crippen MR) is 95.5 cm³/mol. The van der Waals surface area contributed by atoms with Gasteiger partial charge in [0.25, 0.3) is 0 Å². The second-order valence-corrected chi connectivity index (χ2v) is 6.77. The topological polar surface area (TPSA) is 0 Å². The van der Waals surface area contributed by atoms with Gasteiger partial charge in [0.1, 0.15) is 0 Å². The summed E-state index contributed by atoms with van der Waals surface area (Å²) in [6, 6.07) is 18.2. The van der Waals surface area contributed by atoms with E-state index in [-0.39, 0.29) is 5.38 Å². The molecule has 0 aliphatic rings. The van der Waals surface area contributed by atoms with Crippen LogP contribution in [-0.4, -0.2) is 0 Å². The summed E-state index contributed by atoms with van der Waals surface area (Å²) >= 11 is 16.6. The van der Waals surface area contributed by atoms with E-state index in [0.717, 1.165) is 31.4 Å². The quantitative estimate of drug-likeness (QED) is 0.425.